The van der Waals surface area contributed by atoms with Gasteiger partial charge in [0, 0.05) is 0 Å². The summed E-state index contributed by atoms with van der Waals surface area (Å²) in [6.07, 6.45) is 7.07. The van der Waals surface area contributed by atoms with Crippen molar-refractivity contribution in [2.75, 3.05) is 6.16 Å². The fourth-order valence-electron chi connectivity index (χ4n) is 2.52. The number of benzene rings is 1. The Morgan fingerprint density at radius 2 is 1.61 bits per heavy atom. The highest BCUT2D eigenvalue weighted by Gasteiger charge is 2.37. The van der Waals surface area contributed by atoms with Gasteiger partial charge in [-0.15, -0.1) is 0 Å². The van der Waals surface area contributed by atoms with Crippen LogP contribution in [0.3, 0.4) is 0 Å². The molecule has 0 heterocycles. The summed E-state index contributed by atoms with van der Waals surface area (Å²) < 4.78 is 5.55. The van der Waals surface area contributed by atoms with Gasteiger partial charge in [0.1, 0.15) is 6.16 Å². The zero-order chi connectivity index (χ0) is 17.5. The molecule has 132 valence electrons. The minimum Gasteiger partial charge on any atom is -0.287 e. The average Bonchev–Trinajstić information content (AvgIpc) is 2.43. The molecule has 1 aromatic rings. The van der Waals surface area contributed by atoms with Gasteiger partial charge in [-0.1, -0.05) is 65.5 Å². The Bertz CT molecular complexity index is 478. The Kier molecular flexibility index (Phi) is 8.00. The average molecular weight is 341 g/mol. The van der Waals surface area contributed by atoms with Gasteiger partial charge in [-0.05, 0) is 42.4 Å². The first-order chi connectivity index (χ1) is 10.7. The van der Waals surface area contributed by atoms with Crippen molar-refractivity contribution in [1.82, 2.24) is 0 Å². The number of hydrogen-bond acceptors (Lipinski definition) is 3. The highest BCUT2D eigenvalue weighted by atomic mass is 31.2. The Labute approximate surface area is 142 Å². The number of hydrogen-bond donors (Lipinski definition) is 2. The van der Waals surface area contributed by atoms with Crippen LogP contribution in [0.4, 0.5) is 0 Å². The predicted octanol–water partition coefficient (Wildman–Crippen LogP) is 5.78. The maximum Gasteiger partial charge on any atom is 0.451 e. The lowest BCUT2D eigenvalue weighted by molar-refractivity contribution is 0.335. The van der Waals surface area contributed by atoms with Crippen molar-refractivity contribution in [3.05, 3.63) is 29.3 Å². The summed E-state index contributed by atoms with van der Waals surface area (Å²) in [4.78, 5) is 20.3. The van der Waals surface area contributed by atoms with Gasteiger partial charge < -0.3 is 0 Å². The fourth-order valence-corrected chi connectivity index (χ4v) is 3.77. The molecule has 0 bridgehead atoms. The SMILES string of the molecule is CCCCCCCC[P+](O)(O)Oc1ccc(C(C)(C)C)cc1C. The van der Waals surface area contributed by atoms with Crippen molar-refractivity contribution in [2.24, 2.45) is 0 Å². The van der Waals surface area contributed by atoms with Crippen LogP contribution in [-0.4, -0.2) is 15.9 Å². The quantitative estimate of drug-likeness (QED) is 0.442. The third-order valence-electron chi connectivity index (χ3n) is 4.09. The van der Waals surface area contributed by atoms with Gasteiger partial charge in [-0.25, -0.2) is 0 Å². The summed E-state index contributed by atoms with van der Waals surface area (Å²) in [6, 6.07) is 5.94. The molecule has 23 heavy (non-hydrogen) atoms. The highest BCUT2D eigenvalue weighted by molar-refractivity contribution is 7.60. The Morgan fingerprint density at radius 1 is 1.00 bits per heavy atom. The molecule has 0 spiro atoms. The lowest BCUT2D eigenvalue weighted by Crippen LogP contribution is -2.11. The van der Waals surface area contributed by atoms with E-state index in [0.29, 0.717) is 11.9 Å². The van der Waals surface area contributed by atoms with Gasteiger partial charge in [0.2, 0.25) is 0 Å². The van der Waals surface area contributed by atoms with Crippen LogP contribution < -0.4 is 4.52 Å². The molecule has 3 nitrogen and oxygen atoms in total. The van der Waals surface area contributed by atoms with Crippen molar-refractivity contribution in [3.63, 3.8) is 0 Å². The third kappa shape index (κ3) is 7.65. The van der Waals surface area contributed by atoms with Crippen LogP contribution in [0.1, 0.15) is 77.3 Å². The van der Waals surface area contributed by atoms with Crippen molar-refractivity contribution in [1.29, 1.82) is 0 Å². The highest BCUT2D eigenvalue weighted by Crippen LogP contribution is 2.52. The van der Waals surface area contributed by atoms with E-state index in [4.69, 9.17) is 4.52 Å². The van der Waals surface area contributed by atoms with Crippen molar-refractivity contribution in [2.45, 2.75) is 78.6 Å². The second kappa shape index (κ2) is 9.01. The Morgan fingerprint density at radius 3 is 2.17 bits per heavy atom. The Hall–Kier alpha value is -0.630. The molecule has 0 fully saturated rings. The molecule has 0 radical (unpaired) electrons. The predicted molar refractivity (Wildman–Crippen MR) is 100 cm³/mol. The third-order valence-corrected chi connectivity index (χ3v) is 5.48. The first kappa shape index (κ1) is 20.4. The maximum absolute atomic E-state index is 10.2. The van der Waals surface area contributed by atoms with Crippen LogP contribution in [0.5, 0.6) is 5.75 Å². The van der Waals surface area contributed by atoms with E-state index in [0.717, 1.165) is 24.8 Å². The smallest absolute Gasteiger partial charge is 0.287 e. The van der Waals surface area contributed by atoms with Crippen LogP contribution in [0.25, 0.3) is 0 Å². The molecule has 0 unspecified atom stereocenters. The standard InChI is InChI=1S/C19H34O3P/c1-6-7-8-9-10-11-14-23(20,21)22-18-13-12-17(15-16(18)2)19(3,4)5/h12-13,15,20-21H,6-11,14H2,1-5H3/q+1. The second-order valence-corrected chi connectivity index (χ2v) is 9.44. The van der Waals surface area contributed by atoms with Gasteiger partial charge in [0.05, 0.1) is 0 Å². The van der Waals surface area contributed by atoms with Crippen LogP contribution in [0, 0.1) is 6.92 Å². The topological polar surface area (TPSA) is 49.7 Å². The summed E-state index contributed by atoms with van der Waals surface area (Å²) >= 11 is 0. The maximum atomic E-state index is 10.2. The molecule has 4 heteroatoms. The van der Waals surface area contributed by atoms with E-state index in [1.807, 2.05) is 19.1 Å². The zero-order valence-corrected chi connectivity index (χ0v) is 16.3. The van der Waals surface area contributed by atoms with E-state index < -0.39 is 7.94 Å². The lowest BCUT2D eigenvalue weighted by atomic mass is 9.86. The van der Waals surface area contributed by atoms with Crippen LogP contribution in [0.2, 0.25) is 0 Å². The number of unbranched alkanes of at least 4 members (excludes halogenated alkanes) is 5. The molecule has 0 saturated carbocycles. The number of rotatable bonds is 9. The molecular formula is C19H34O3P+. The number of aryl methyl sites for hydroxylation is 1. The molecule has 0 aromatic heterocycles. The van der Waals surface area contributed by atoms with Crippen molar-refractivity contribution >= 4 is 7.94 Å². The molecular weight excluding hydrogens is 307 g/mol. The molecule has 0 amide bonds. The molecule has 1 aromatic carbocycles. The molecule has 0 atom stereocenters. The van der Waals surface area contributed by atoms with Crippen LogP contribution in [-0.2, 0) is 5.41 Å². The molecule has 0 aliphatic carbocycles. The molecule has 1 rings (SSSR count). The van der Waals surface area contributed by atoms with Crippen molar-refractivity contribution in [3.8, 4) is 5.75 Å². The molecule has 0 aliphatic heterocycles. The monoisotopic (exact) mass is 341 g/mol. The van der Waals surface area contributed by atoms with E-state index >= 15 is 0 Å². The van der Waals surface area contributed by atoms with E-state index in [9.17, 15) is 9.79 Å². The van der Waals surface area contributed by atoms with Crippen molar-refractivity contribution < 1.29 is 14.3 Å². The molecule has 0 saturated heterocycles. The Balaban J connectivity index is 2.53. The summed E-state index contributed by atoms with van der Waals surface area (Å²) in [5, 5.41) is 0. The van der Waals surface area contributed by atoms with Gasteiger partial charge in [-0.3, -0.25) is 4.52 Å². The first-order valence-corrected chi connectivity index (χ1v) is 10.6. The summed E-state index contributed by atoms with van der Waals surface area (Å²) in [6.45, 7) is 10.6. The lowest BCUT2D eigenvalue weighted by Gasteiger charge is -2.20. The van der Waals surface area contributed by atoms with Crippen LogP contribution in [0.15, 0.2) is 18.2 Å². The summed E-state index contributed by atoms with van der Waals surface area (Å²) in [5.74, 6) is 0.585. The van der Waals surface area contributed by atoms with Gasteiger partial charge in [0.15, 0.2) is 5.75 Å². The van der Waals surface area contributed by atoms with Crippen LogP contribution >= 0.6 is 7.94 Å². The minimum absolute atomic E-state index is 0.0758. The van der Waals surface area contributed by atoms with E-state index in [2.05, 4.69) is 33.8 Å². The molecule has 0 aliphatic rings. The molecule has 2 N–H and O–H groups in total. The van der Waals surface area contributed by atoms with E-state index in [1.165, 1.54) is 24.8 Å². The van der Waals surface area contributed by atoms with E-state index in [-0.39, 0.29) is 5.41 Å². The largest absolute Gasteiger partial charge is 0.451 e. The zero-order valence-electron chi connectivity index (χ0n) is 15.4. The van der Waals surface area contributed by atoms with E-state index in [1.54, 1.807) is 0 Å². The summed E-state index contributed by atoms with van der Waals surface area (Å²) in [5.41, 5.74) is 2.25. The van der Waals surface area contributed by atoms with Gasteiger partial charge >= 0.3 is 7.94 Å². The fraction of sp³-hybridized carbons (Fsp3) is 0.684. The first-order valence-electron chi connectivity index (χ1n) is 8.80. The van der Waals surface area contributed by atoms with Gasteiger partial charge in [-0.2, -0.15) is 9.79 Å². The normalized spacial score (nSPS) is 12.5. The minimum atomic E-state index is -3.30. The summed E-state index contributed by atoms with van der Waals surface area (Å²) in [7, 11) is -3.30. The van der Waals surface area contributed by atoms with Gasteiger partial charge in [0.25, 0.3) is 0 Å². The second-order valence-electron chi connectivity index (χ2n) is 7.48.